The Morgan fingerprint density at radius 2 is 2.00 bits per heavy atom. The first-order valence-electron chi connectivity index (χ1n) is 5.78. The summed E-state index contributed by atoms with van der Waals surface area (Å²) in [6.45, 7) is 6.62. The number of nitrogens with zero attached hydrogens (tertiary/aromatic N) is 2. The largest absolute Gasteiger partial charge is 0.378 e. The van der Waals surface area contributed by atoms with Crippen LogP contribution < -0.4 is 11.3 Å². The summed E-state index contributed by atoms with van der Waals surface area (Å²) in [6, 6.07) is 1.75. The summed E-state index contributed by atoms with van der Waals surface area (Å²) in [4.78, 5) is 8.80. The van der Waals surface area contributed by atoms with Gasteiger partial charge in [0.2, 0.25) is 0 Å². The third kappa shape index (κ3) is 3.63. The third-order valence-electron chi connectivity index (χ3n) is 2.49. The first-order valence-corrected chi connectivity index (χ1v) is 5.78. The van der Waals surface area contributed by atoms with E-state index in [0.717, 1.165) is 5.69 Å². The first kappa shape index (κ1) is 14.8. The van der Waals surface area contributed by atoms with Crippen LogP contribution in [-0.4, -0.2) is 24.2 Å². The number of hydrogen-bond acceptors (Lipinski definition) is 6. The normalized spacial score (nSPS) is 13.4. The number of nitrogens with one attached hydrogen (secondary N) is 1. The minimum absolute atomic E-state index is 0.105. The van der Waals surface area contributed by atoms with Gasteiger partial charge in [-0.15, -0.1) is 0 Å². The predicted molar refractivity (Wildman–Crippen MR) is 69.8 cm³/mol. The van der Waals surface area contributed by atoms with Crippen molar-refractivity contribution in [2.24, 2.45) is 11.3 Å². The highest BCUT2D eigenvalue weighted by Crippen LogP contribution is 2.34. The van der Waals surface area contributed by atoms with Crippen LogP contribution in [0.1, 0.15) is 38.4 Å². The Kier molecular flexibility index (Phi) is 5.01. The fourth-order valence-electron chi connectivity index (χ4n) is 1.78. The van der Waals surface area contributed by atoms with Crippen LogP contribution in [0.25, 0.3) is 0 Å². The number of aromatic nitrogens is 2. The monoisotopic (exact) mass is 254 g/mol. The lowest BCUT2D eigenvalue weighted by molar-refractivity contribution is 0.00836. The maximum atomic E-state index is 5.50. The predicted octanol–water partition coefficient (Wildman–Crippen LogP) is 1.64. The molecule has 1 aromatic rings. The molecule has 0 aliphatic heterocycles. The molecule has 0 saturated carbocycles. The lowest BCUT2D eigenvalue weighted by atomic mass is 9.88. The molecule has 1 atom stereocenters. The summed E-state index contributed by atoms with van der Waals surface area (Å²) in [5, 5.41) is 0. The topological polar surface area (TPSA) is 82.3 Å². The van der Waals surface area contributed by atoms with Crippen molar-refractivity contribution in [1.82, 2.24) is 9.97 Å². The Bertz CT molecular complexity index is 390. The number of rotatable bonds is 5. The lowest BCUT2D eigenvalue weighted by Crippen LogP contribution is -2.24. The molecule has 102 valence electrons. The highest BCUT2D eigenvalue weighted by Gasteiger charge is 2.29. The molecule has 1 heterocycles. The molecule has 1 rings (SSSR count). The van der Waals surface area contributed by atoms with Crippen LogP contribution in [0.15, 0.2) is 6.07 Å². The van der Waals surface area contributed by atoms with Gasteiger partial charge < -0.3 is 14.9 Å². The SMILES string of the molecule is COCc1cc(NN)nc(C(OC)C(C)(C)C)n1. The van der Waals surface area contributed by atoms with E-state index in [2.05, 4.69) is 36.2 Å². The van der Waals surface area contributed by atoms with Crippen LogP contribution in [-0.2, 0) is 16.1 Å². The molecule has 0 saturated heterocycles. The van der Waals surface area contributed by atoms with Crippen LogP contribution in [0, 0.1) is 5.41 Å². The van der Waals surface area contributed by atoms with Crippen molar-refractivity contribution in [3.63, 3.8) is 0 Å². The van der Waals surface area contributed by atoms with Gasteiger partial charge in [0.1, 0.15) is 11.9 Å². The van der Waals surface area contributed by atoms with E-state index < -0.39 is 0 Å². The van der Waals surface area contributed by atoms with Crippen LogP contribution in [0.5, 0.6) is 0 Å². The maximum absolute atomic E-state index is 5.50. The Morgan fingerprint density at radius 1 is 1.33 bits per heavy atom. The van der Waals surface area contributed by atoms with Crippen molar-refractivity contribution >= 4 is 5.82 Å². The van der Waals surface area contributed by atoms with Crippen molar-refractivity contribution in [1.29, 1.82) is 0 Å². The van der Waals surface area contributed by atoms with E-state index in [4.69, 9.17) is 15.3 Å². The van der Waals surface area contributed by atoms with Gasteiger partial charge in [-0.3, -0.25) is 0 Å². The van der Waals surface area contributed by atoms with Crippen LogP contribution in [0.2, 0.25) is 0 Å². The number of hydrazine groups is 1. The van der Waals surface area contributed by atoms with Gasteiger partial charge in [-0.1, -0.05) is 20.8 Å². The Labute approximate surface area is 108 Å². The number of nitrogen functional groups attached to an aromatic ring is 1. The van der Waals surface area contributed by atoms with Crippen molar-refractivity contribution in [3.05, 3.63) is 17.6 Å². The molecule has 1 aromatic heterocycles. The molecule has 3 N–H and O–H groups in total. The van der Waals surface area contributed by atoms with Gasteiger partial charge in [0.25, 0.3) is 0 Å². The molecule has 18 heavy (non-hydrogen) atoms. The molecule has 1 unspecified atom stereocenters. The summed E-state index contributed by atoms with van der Waals surface area (Å²) in [7, 11) is 3.27. The molecule has 0 amide bonds. The molecule has 0 aliphatic carbocycles. The van der Waals surface area contributed by atoms with Gasteiger partial charge in [0.05, 0.1) is 12.3 Å². The van der Waals surface area contributed by atoms with E-state index in [1.165, 1.54) is 0 Å². The van der Waals surface area contributed by atoms with E-state index in [-0.39, 0.29) is 11.5 Å². The fourth-order valence-corrected chi connectivity index (χ4v) is 1.78. The van der Waals surface area contributed by atoms with Crippen molar-refractivity contribution in [2.45, 2.75) is 33.5 Å². The van der Waals surface area contributed by atoms with Gasteiger partial charge in [0, 0.05) is 20.3 Å². The van der Waals surface area contributed by atoms with E-state index in [1.807, 2.05) is 0 Å². The molecule has 0 spiro atoms. The molecule has 0 bridgehead atoms. The maximum Gasteiger partial charge on any atom is 0.160 e. The molecule has 6 heteroatoms. The number of hydrogen-bond donors (Lipinski definition) is 2. The smallest absolute Gasteiger partial charge is 0.160 e. The van der Waals surface area contributed by atoms with Crippen LogP contribution in [0.4, 0.5) is 5.82 Å². The Balaban J connectivity index is 3.17. The molecule has 0 fully saturated rings. The zero-order chi connectivity index (χ0) is 13.8. The van der Waals surface area contributed by atoms with Crippen molar-refractivity contribution < 1.29 is 9.47 Å². The van der Waals surface area contributed by atoms with E-state index in [9.17, 15) is 0 Å². The van der Waals surface area contributed by atoms with Gasteiger partial charge in [-0.25, -0.2) is 15.8 Å². The number of anilines is 1. The molecule has 0 radical (unpaired) electrons. The van der Waals surface area contributed by atoms with Crippen LogP contribution >= 0.6 is 0 Å². The summed E-state index contributed by atoms with van der Waals surface area (Å²) in [6.07, 6.45) is -0.207. The first-order chi connectivity index (χ1) is 8.42. The van der Waals surface area contributed by atoms with Gasteiger partial charge >= 0.3 is 0 Å². The fraction of sp³-hybridized carbons (Fsp3) is 0.667. The second-order valence-electron chi connectivity index (χ2n) is 5.16. The Morgan fingerprint density at radius 3 is 2.44 bits per heavy atom. The highest BCUT2D eigenvalue weighted by atomic mass is 16.5. The zero-order valence-corrected chi connectivity index (χ0v) is 11.7. The second kappa shape index (κ2) is 6.08. The van der Waals surface area contributed by atoms with E-state index in [1.54, 1.807) is 20.3 Å². The molecular formula is C12H22N4O2. The average molecular weight is 254 g/mol. The van der Waals surface area contributed by atoms with Gasteiger partial charge in [0.15, 0.2) is 5.82 Å². The van der Waals surface area contributed by atoms with Crippen molar-refractivity contribution in [3.8, 4) is 0 Å². The van der Waals surface area contributed by atoms with E-state index in [0.29, 0.717) is 18.2 Å². The standard InChI is InChI=1S/C12H22N4O2/c1-12(2,3)10(18-5)11-14-8(7-17-4)6-9(15-11)16-13/h6,10H,7,13H2,1-5H3,(H,14,15,16). The average Bonchev–Trinajstić information content (AvgIpc) is 2.28. The summed E-state index contributed by atoms with van der Waals surface area (Å²) < 4.78 is 10.6. The zero-order valence-electron chi connectivity index (χ0n) is 11.7. The van der Waals surface area contributed by atoms with Crippen molar-refractivity contribution in [2.75, 3.05) is 19.6 Å². The Hall–Kier alpha value is -1.24. The van der Waals surface area contributed by atoms with Gasteiger partial charge in [-0.05, 0) is 5.41 Å². The third-order valence-corrected chi connectivity index (χ3v) is 2.49. The highest BCUT2D eigenvalue weighted by molar-refractivity contribution is 5.34. The summed E-state index contributed by atoms with van der Waals surface area (Å²) >= 11 is 0. The second-order valence-corrected chi connectivity index (χ2v) is 5.16. The number of methoxy groups -OCH3 is 2. The summed E-state index contributed by atoms with van der Waals surface area (Å²) in [5.74, 6) is 6.57. The van der Waals surface area contributed by atoms with Gasteiger partial charge in [-0.2, -0.15) is 0 Å². The van der Waals surface area contributed by atoms with E-state index >= 15 is 0 Å². The molecule has 0 aliphatic rings. The minimum atomic E-state index is -0.207. The molecular weight excluding hydrogens is 232 g/mol. The molecule has 0 aromatic carbocycles. The quantitative estimate of drug-likeness (QED) is 0.614. The lowest BCUT2D eigenvalue weighted by Gasteiger charge is -2.28. The number of ether oxygens (including phenoxy) is 2. The van der Waals surface area contributed by atoms with Crippen LogP contribution in [0.3, 0.4) is 0 Å². The summed E-state index contributed by atoms with van der Waals surface area (Å²) in [5.41, 5.74) is 3.20. The molecule has 6 nitrogen and oxygen atoms in total. The minimum Gasteiger partial charge on any atom is -0.378 e. The number of nitrogens with two attached hydrogens (primary N) is 1.